The van der Waals surface area contributed by atoms with Crippen molar-refractivity contribution >= 4 is 29.4 Å². The molecule has 1 aromatic heterocycles. The van der Waals surface area contributed by atoms with Crippen LogP contribution in [0.1, 0.15) is 30.1 Å². The first-order chi connectivity index (χ1) is 15.3. The number of amides is 2. The highest BCUT2D eigenvalue weighted by molar-refractivity contribution is 6.33. The van der Waals surface area contributed by atoms with Gasteiger partial charge in [0.05, 0.1) is 42.5 Å². The number of likely N-dealkylation sites (tertiary alicyclic amines) is 1. The molecule has 12 heteroatoms. The third kappa shape index (κ3) is 5.16. The van der Waals surface area contributed by atoms with E-state index in [0.29, 0.717) is 31.7 Å². The summed E-state index contributed by atoms with van der Waals surface area (Å²) in [5.74, 6) is -1.04. The van der Waals surface area contributed by atoms with Crippen LogP contribution >= 0.6 is 11.6 Å². The molecule has 0 radical (unpaired) electrons. The van der Waals surface area contributed by atoms with Crippen molar-refractivity contribution < 1.29 is 23.9 Å². The Morgan fingerprint density at radius 3 is 2.75 bits per heavy atom. The Bertz CT molecular complexity index is 983. The molecule has 2 aromatic rings. The number of hydrogen-bond donors (Lipinski definition) is 0. The number of ether oxygens (including phenoxy) is 2. The lowest BCUT2D eigenvalue weighted by molar-refractivity contribution is -0.151. The average Bonchev–Trinajstić information content (AvgIpc) is 3.33. The summed E-state index contributed by atoms with van der Waals surface area (Å²) in [5, 5.41) is 11.2. The largest absolute Gasteiger partial charge is 0.496 e. The summed E-state index contributed by atoms with van der Waals surface area (Å²) < 4.78 is 11.8. The van der Waals surface area contributed by atoms with Crippen LogP contribution in [0.15, 0.2) is 18.5 Å². The van der Waals surface area contributed by atoms with E-state index in [9.17, 15) is 14.4 Å². The molecule has 1 aliphatic heterocycles. The predicted molar refractivity (Wildman–Crippen MR) is 114 cm³/mol. The van der Waals surface area contributed by atoms with Gasteiger partial charge in [0.1, 0.15) is 12.1 Å². The Morgan fingerprint density at radius 2 is 2.09 bits per heavy atom. The summed E-state index contributed by atoms with van der Waals surface area (Å²) in [6, 6.07) is 3.01. The van der Waals surface area contributed by atoms with Gasteiger partial charge in [-0.15, -0.1) is 5.10 Å². The number of carbonyl (C=O) groups is 3. The van der Waals surface area contributed by atoms with E-state index in [-0.39, 0.29) is 47.2 Å². The monoisotopic (exact) mass is 464 g/mol. The lowest BCUT2D eigenvalue weighted by Crippen LogP contribution is -2.47. The van der Waals surface area contributed by atoms with Gasteiger partial charge < -0.3 is 19.3 Å². The molecular weight excluding hydrogens is 440 g/mol. The number of nitrogens with zero attached hydrogens (tertiary/aromatic N) is 6. The lowest BCUT2D eigenvalue weighted by Gasteiger charge is -2.32. The van der Waals surface area contributed by atoms with Gasteiger partial charge in [0.15, 0.2) is 0 Å². The maximum atomic E-state index is 13.0. The number of carbonyl (C=O) groups excluding carboxylic acids is 3. The van der Waals surface area contributed by atoms with Crippen molar-refractivity contribution in [1.82, 2.24) is 30.0 Å². The highest BCUT2D eigenvalue weighted by Gasteiger charge is 2.30. The highest BCUT2D eigenvalue weighted by atomic mass is 35.5. The Labute approximate surface area is 190 Å². The van der Waals surface area contributed by atoms with Crippen LogP contribution in [0.2, 0.25) is 5.02 Å². The molecule has 2 heterocycles. The van der Waals surface area contributed by atoms with Gasteiger partial charge >= 0.3 is 5.97 Å². The summed E-state index contributed by atoms with van der Waals surface area (Å²) in [5.41, 5.74) is 0.648. The molecule has 1 aromatic carbocycles. The molecule has 2 amide bonds. The molecule has 32 heavy (non-hydrogen) atoms. The van der Waals surface area contributed by atoms with Gasteiger partial charge in [-0.2, -0.15) is 4.68 Å². The minimum atomic E-state index is -0.431. The van der Waals surface area contributed by atoms with Crippen LogP contribution in [0.5, 0.6) is 5.75 Å². The van der Waals surface area contributed by atoms with Crippen LogP contribution in [-0.2, 0) is 14.3 Å². The van der Waals surface area contributed by atoms with E-state index in [0.717, 1.165) is 0 Å². The fourth-order valence-electron chi connectivity index (χ4n) is 3.56. The fraction of sp³-hybridized carbons (Fsp3) is 0.500. The van der Waals surface area contributed by atoms with E-state index in [1.54, 1.807) is 17.9 Å². The Balaban J connectivity index is 1.71. The number of methoxy groups -OCH3 is 1. The van der Waals surface area contributed by atoms with E-state index < -0.39 is 5.91 Å². The standard InChI is InChI=1S/C20H25ClN6O5/c1-4-32-20(30)13-6-5-7-26(10-13)18(28)11-25(2)19(29)14-8-15(21)16(9-17(14)31-3)27-12-22-23-24-27/h8-9,12-13H,4-7,10-11H2,1-3H3. The molecule has 0 saturated carbocycles. The molecule has 11 nitrogen and oxygen atoms in total. The van der Waals surface area contributed by atoms with Crippen molar-refractivity contribution in [2.45, 2.75) is 19.8 Å². The molecule has 172 valence electrons. The van der Waals surface area contributed by atoms with E-state index in [1.807, 2.05) is 0 Å². The second-order valence-electron chi connectivity index (χ2n) is 7.35. The zero-order valence-corrected chi connectivity index (χ0v) is 18.9. The number of esters is 1. The first-order valence-electron chi connectivity index (χ1n) is 10.2. The van der Waals surface area contributed by atoms with Crippen molar-refractivity contribution in [2.75, 3.05) is 40.4 Å². The maximum Gasteiger partial charge on any atom is 0.310 e. The molecule has 1 fully saturated rings. The second kappa shape index (κ2) is 10.4. The van der Waals surface area contributed by atoms with Gasteiger partial charge in [-0.05, 0) is 36.3 Å². The van der Waals surface area contributed by atoms with Gasteiger partial charge in [-0.1, -0.05) is 11.6 Å². The predicted octanol–water partition coefficient (Wildman–Crippen LogP) is 1.20. The topological polar surface area (TPSA) is 120 Å². The molecule has 1 atom stereocenters. The molecule has 0 bridgehead atoms. The quantitative estimate of drug-likeness (QED) is 0.560. The molecule has 0 spiro atoms. The van der Waals surface area contributed by atoms with E-state index >= 15 is 0 Å². The zero-order valence-electron chi connectivity index (χ0n) is 18.2. The third-order valence-electron chi connectivity index (χ3n) is 5.21. The number of tetrazole rings is 1. The SMILES string of the molecule is CCOC(=O)C1CCCN(C(=O)CN(C)C(=O)c2cc(Cl)c(-n3cnnn3)cc2OC)C1. The smallest absolute Gasteiger partial charge is 0.310 e. The van der Waals surface area contributed by atoms with Crippen LogP contribution in [-0.4, -0.2) is 88.2 Å². The normalized spacial score (nSPS) is 15.9. The van der Waals surface area contributed by atoms with Crippen LogP contribution in [0, 0.1) is 5.92 Å². The number of piperidine rings is 1. The van der Waals surface area contributed by atoms with Crippen molar-refractivity contribution in [3.05, 3.63) is 29.0 Å². The number of likely N-dealkylation sites (N-methyl/N-ethyl adjacent to an activating group) is 1. The summed E-state index contributed by atoms with van der Waals surface area (Å²) >= 11 is 6.34. The molecule has 0 N–H and O–H groups in total. The maximum absolute atomic E-state index is 13.0. The van der Waals surface area contributed by atoms with E-state index in [2.05, 4.69) is 15.5 Å². The zero-order chi connectivity index (χ0) is 23.3. The number of halogens is 1. The number of rotatable bonds is 7. The number of aromatic nitrogens is 4. The van der Waals surface area contributed by atoms with Crippen molar-refractivity contribution in [2.24, 2.45) is 5.92 Å². The van der Waals surface area contributed by atoms with Crippen LogP contribution < -0.4 is 4.74 Å². The first-order valence-corrected chi connectivity index (χ1v) is 10.5. The van der Waals surface area contributed by atoms with Gasteiger partial charge in [0.25, 0.3) is 5.91 Å². The Kier molecular flexibility index (Phi) is 7.62. The summed E-state index contributed by atoms with van der Waals surface area (Å²) in [6.45, 7) is 2.73. The van der Waals surface area contributed by atoms with Gasteiger partial charge in [0, 0.05) is 26.2 Å². The summed E-state index contributed by atoms with van der Waals surface area (Å²) in [4.78, 5) is 40.8. The highest BCUT2D eigenvalue weighted by Crippen LogP contribution is 2.30. The summed E-state index contributed by atoms with van der Waals surface area (Å²) in [7, 11) is 2.95. The van der Waals surface area contributed by atoms with Gasteiger partial charge in [-0.25, -0.2) is 0 Å². The van der Waals surface area contributed by atoms with Crippen LogP contribution in [0.25, 0.3) is 5.69 Å². The van der Waals surface area contributed by atoms with Gasteiger partial charge in [-0.3, -0.25) is 14.4 Å². The first kappa shape index (κ1) is 23.5. The Morgan fingerprint density at radius 1 is 1.31 bits per heavy atom. The molecular formula is C20H25ClN6O5. The average molecular weight is 465 g/mol. The second-order valence-corrected chi connectivity index (χ2v) is 7.76. The fourth-order valence-corrected chi connectivity index (χ4v) is 3.81. The molecule has 3 rings (SSSR count). The van der Waals surface area contributed by atoms with Gasteiger partial charge in [0.2, 0.25) is 5.91 Å². The number of hydrogen-bond acceptors (Lipinski definition) is 8. The lowest BCUT2D eigenvalue weighted by atomic mass is 9.98. The van der Waals surface area contributed by atoms with E-state index in [4.69, 9.17) is 21.1 Å². The minimum absolute atomic E-state index is 0.149. The van der Waals surface area contributed by atoms with Crippen LogP contribution in [0.3, 0.4) is 0 Å². The minimum Gasteiger partial charge on any atom is -0.496 e. The number of benzene rings is 1. The van der Waals surface area contributed by atoms with Crippen LogP contribution in [0.4, 0.5) is 0 Å². The van der Waals surface area contributed by atoms with Crippen molar-refractivity contribution in [1.29, 1.82) is 0 Å². The Hall–Kier alpha value is -3.21. The molecule has 1 saturated heterocycles. The molecule has 1 aliphatic rings. The van der Waals surface area contributed by atoms with Crippen molar-refractivity contribution in [3.8, 4) is 11.4 Å². The van der Waals surface area contributed by atoms with E-state index in [1.165, 1.54) is 36.1 Å². The summed E-state index contributed by atoms with van der Waals surface area (Å²) in [6.07, 6.45) is 2.75. The molecule has 1 unspecified atom stereocenters. The third-order valence-corrected chi connectivity index (χ3v) is 5.51. The van der Waals surface area contributed by atoms with Crippen molar-refractivity contribution in [3.63, 3.8) is 0 Å². The molecule has 0 aliphatic carbocycles.